The molecule has 3 heterocycles. The highest BCUT2D eigenvalue weighted by atomic mass is 16.5. The van der Waals surface area contributed by atoms with E-state index in [4.69, 9.17) is 4.74 Å². The van der Waals surface area contributed by atoms with E-state index >= 15 is 0 Å². The molecule has 0 spiro atoms. The predicted molar refractivity (Wildman–Crippen MR) is 160 cm³/mol. The van der Waals surface area contributed by atoms with E-state index in [1.165, 1.54) is 48.7 Å². The number of hydrogen-bond acceptors (Lipinski definition) is 5. The number of β-amino-alcohol motifs (C(OH)–C–C–N with tert-alkyl or cyclic N) is 1. The molecule has 0 unspecified atom stereocenters. The van der Waals surface area contributed by atoms with Gasteiger partial charge in [-0.15, -0.1) is 0 Å². The van der Waals surface area contributed by atoms with Crippen molar-refractivity contribution in [3.8, 4) is 17.0 Å². The van der Waals surface area contributed by atoms with E-state index in [0.717, 1.165) is 29.9 Å². The van der Waals surface area contributed by atoms with Crippen LogP contribution in [-0.4, -0.2) is 82.8 Å². The minimum absolute atomic E-state index is 0.0829. The SMILES string of the molecule is CC(C)(NC(=O)c1ccc2c(C3CCCCC3)c3n(c2c1)CCOc1ccccc1-3)C(=O)N1CCN(CCO)CC1. The molecule has 1 saturated carbocycles. The Morgan fingerprint density at radius 3 is 2.51 bits per heavy atom. The van der Waals surface area contributed by atoms with Gasteiger partial charge in [-0.1, -0.05) is 37.5 Å². The molecule has 41 heavy (non-hydrogen) atoms. The second kappa shape index (κ2) is 11.5. The predicted octanol–water partition coefficient (Wildman–Crippen LogP) is 4.39. The van der Waals surface area contributed by atoms with Crippen molar-refractivity contribution in [1.29, 1.82) is 0 Å². The molecule has 6 rings (SSSR count). The monoisotopic (exact) mass is 558 g/mol. The lowest BCUT2D eigenvalue weighted by Crippen LogP contribution is -2.59. The van der Waals surface area contributed by atoms with Gasteiger partial charge in [0.1, 0.15) is 17.9 Å². The summed E-state index contributed by atoms with van der Waals surface area (Å²) in [5, 5.41) is 13.5. The first-order valence-corrected chi connectivity index (χ1v) is 15.2. The highest BCUT2D eigenvalue weighted by molar-refractivity contribution is 6.03. The zero-order valence-electron chi connectivity index (χ0n) is 24.3. The normalized spacial score (nSPS) is 18.4. The summed E-state index contributed by atoms with van der Waals surface area (Å²) in [6.45, 7) is 8.22. The van der Waals surface area contributed by atoms with Crippen molar-refractivity contribution in [3.63, 3.8) is 0 Å². The third-order valence-corrected chi connectivity index (χ3v) is 9.13. The van der Waals surface area contributed by atoms with Gasteiger partial charge in [0.15, 0.2) is 0 Å². The number of rotatable bonds is 6. The van der Waals surface area contributed by atoms with Crippen molar-refractivity contribution in [1.82, 2.24) is 19.7 Å². The molecule has 2 aromatic carbocycles. The minimum Gasteiger partial charge on any atom is -0.491 e. The van der Waals surface area contributed by atoms with Crippen molar-refractivity contribution in [2.75, 3.05) is 45.9 Å². The molecule has 2 aliphatic heterocycles. The first-order chi connectivity index (χ1) is 19.9. The molecule has 0 radical (unpaired) electrons. The molecular weight excluding hydrogens is 516 g/mol. The fraction of sp³-hybridized carbons (Fsp3) is 0.515. The van der Waals surface area contributed by atoms with Crippen molar-refractivity contribution in [2.24, 2.45) is 0 Å². The molecule has 218 valence electrons. The first-order valence-electron chi connectivity index (χ1n) is 15.2. The molecule has 2 N–H and O–H groups in total. The average molecular weight is 559 g/mol. The molecule has 2 amide bonds. The van der Waals surface area contributed by atoms with Crippen LogP contribution in [0.3, 0.4) is 0 Å². The summed E-state index contributed by atoms with van der Waals surface area (Å²) >= 11 is 0. The van der Waals surface area contributed by atoms with Gasteiger partial charge in [0.25, 0.3) is 5.91 Å². The average Bonchev–Trinajstić information content (AvgIpc) is 3.18. The van der Waals surface area contributed by atoms with Gasteiger partial charge in [-0.25, -0.2) is 0 Å². The summed E-state index contributed by atoms with van der Waals surface area (Å²) in [6.07, 6.45) is 6.15. The number of para-hydroxylation sites is 1. The summed E-state index contributed by atoms with van der Waals surface area (Å²) in [5.74, 6) is 1.08. The van der Waals surface area contributed by atoms with Crippen LogP contribution >= 0.6 is 0 Å². The molecule has 3 aliphatic rings. The van der Waals surface area contributed by atoms with Gasteiger partial charge >= 0.3 is 0 Å². The lowest BCUT2D eigenvalue weighted by molar-refractivity contribution is -0.138. The maximum Gasteiger partial charge on any atom is 0.252 e. The zero-order chi connectivity index (χ0) is 28.6. The van der Waals surface area contributed by atoms with E-state index in [-0.39, 0.29) is 18.4 Å². The summed E-state index contributed by atoms with van der Waals surface area (Å²) in [5.41, 5.74) is 4.31. The van der Waals surface area contributed by atoms with Gasteiger partial charge in [-0.3, -0.25) is 14.5 Å². The lowest BCUT2D eigenvalue weighted by Gasteiger charge is -2.38. The summed E-state index contributed by atoms with van der Waals surface area (Å²) < 4.78 is 8.52. The number of carbonyl (C=O) groups is 2. The Kier molecular flexibility index (Phi) is 7.79. The molecular formula is C33H42N4O4. The van der Waals surface area contributed by atoms with Crippen LogP contribution in [-0.2, 0) is 11.3 Å². The Morgan fingerprint density at radius 1 is 1.00 bits per heavy atom. The van der Waals surface area contributed by atoms with Crippen LogP contribution in [0.2, 0.25) is 0 Å². The second-order valence-electron chi connectivity index (χ2n) is 12.3. The van der Waals surface area contributed by atoms with Crippen molar-refractivity contribution in [3.05, 3.63) is 53.6 Å². The van der Waals surface area contributed by atoms with Gasteiger partial charge in [0, 0.05) is 54.8 Å². The Labute approximate surface area is 242 Å². The summed E-state index contributed by atoms with van der Waals surface area (Å²) in [7, 11) is 0. The Morgan fingerprint density at radius 2 is 1.76 bits per heavy atom. The van der Waals surface area contributed by atoms with E-state index in [1.54, 1.807) is 13.8 Å². The number of ether oxygens (including phenoxy) is 1. The Hall–Kier alpha value is -3.36. The number of aliphatic hydroxyl groups is 1. The maximum atomic E-state index is 13.6. The number of amides is 2. The van der Waals surface area contributed by atoms with Crippen LogP contribution < -0.4 is 10.1 Å². The fourth-order valence-electron chi connectivity index (χ4n) is 7.00. The zero-order valence-corrected chi connectivity index (χ0v) is 24.3. The van der Waals surface area contributed by atoms with Crippen LogP contribution in [0, 0.1) is 0 Å². The number of piperazine rings is 1. The molecule has 8 heteroatoms. The van der Waals surface area contributed by atoms with Crippen molar-refractivity contribution in [2.45, 2.75) is 64.0 Å². The van der Waals surface area contributed by atoms with Gasteiger partial charge < -0.3 is 24.6 Å². The van der Waals surface area contributed by atoms with E-state index in [2.05, 4.69) is 39.0 Å². The van der Waals surface area contributed by atoms with Crippen LogP contribution in [0.15, 0.2) is 42.5 Å². The number of aromatic nitrogens is 1. The van der Waals surface area contributed by atoms with Gasteiger partial charge in [-0.2, -0.15) is 0 Å². The molecule has 3 aromatic rings. The number of fused-ring (bicyclic) bond motifs is 5. The van der Waals surface area contributed by atoms with E-state index < -0.39 is 5.54 Å². The van der Waals surface area contributed by atoms with Crippen molar-refractivity contribution >= 4 is 22.7 Å². The second-order valence-corrected chi connectivity index (χ2v) is 12.3. The van der Waals surface area contributed by atoms with Crippen molar-refractivity contribution < 1.29 is 19.4 Å². The number of hydrogen-bond donors (Lipinski definition) is 2. The highest BCUT2D eigenvalue weighted by Crippen LogP contribution is 2.47. The largest absolute Gasteiger partial charge is 0.491 e. The van der Waals surface area contributed by atoms with Gasteiger partial charge in [0.2, 0.25) is 5.91 Å². The van der Waals surface area contributed by atoms with Crippen LogP contribution in [0.4, 0.5) is 0 Å². The quantitative estimate of drug-likeness (QED) is 0.469. The van der Waals surface area contributed by atoms with Crippen LogP contribution in [0.1, 0.15) is 67.8 Å². The molecule has 0 atom stereocenters. The van der Waals surface area contributed by atoms with Gasteiger partial charge in [0.05, 0.1) is 18.8 Å². The third kappa shape index (κ3) is 5.35. The molecule has 8 nitrogen and oxygen atoms in total. The highest BCUT2D eigenvalue weighted by Gasteiger charge is 2.36. The summed E-state index contributed by atoms with van der Waals surface area (Å²) in [6, 6.07) is 14.3. The topological polar surface area (TPSA) is 87.0 Å². The van der Waals surface area contributed by atoms with E-state index in [1.807, 2.05) is 23.1 Å². The lowest BCUT2D eigenvalue weighted by atomic mass is 9.81. The number of carbonyl (C=O) groups excluding carboxylic acids is 2. The number of nitrogens with zero attached hydrogens (tertiary/aromatic N) is 3. The van der Waals surface area contributed by atoms with Crippen LogP contribution in [0.5, 0.6) is 5.75 Å². The smallest absolute Gasteiger partial charge is 0.252 e. The summed E-state index contributed by atoms with van der Waals surface area (Å²) in [4.78, 5) is 31.0. The van der Waals surface area contributed by atoms with E-state index in [9.17, 15) is 14.7 Å². The molecule has 2 fully saturated rings. The standard InChI is InChI=1S/C33H42N4O4/c1-33(2,32(40)36-16-14-35(15-17-36)18-20-38)34-31(39)24-12-13-25-27(22-24)37-19-21-41-28-11-7-6-10-26(28)30(37)29(25)23-8-4-3-5-9-23/h6-7,10-13,22-23,38H,3-5,8-9,14-21H2,1-2H3,(H,34,39). The Balaban J connectivity index is 1.31. The minimum atomic E-state index is -1.04. The van der Waals surface area contributed by atoms with Crippen LogP contribution in [0.25, 0.3) is 22.2 Å². The third-order valence-electron chi connectivity index (χ3n) is 9.13. The molecule has 0 bridgehead atoms. The van der Waals surface area contributed by atoms with E-state index in [0.29, 0.717) is 44.3 Å². The molecule has 1 aliphatic carbocycles. The number of nitrogens with one attached hydrogen (secondary N) is 1. The Bertz CT molecular complexity index is 1430. The van der Waals surface area contributed by atoms with Gasteiger partial charge in [-0.05, 0) is 62.4 Å². The fourth-order valence-corrected chi connectivity index (χ4v) is 7.00. The first kappa shape index (κ1) is 27.8. The number of aliphatic hydroxyl groups excluding tert-OH is 1. The molecule has 1 aromatic heterocycles. The number of benzene rings is 2. The molecule has 1 saturated heterocycles. The maximum absolute atomic E-state index is 13.6.